The van der Waals surface area contributed by atoms with Gasteiger partial charge in [-0.3, -0.25) is 14.4 Å². The van der Waals surface area contributed by atoms with Crippen LogP contribution in [0.2, 0.25) is 0 Å². The first-order valence-corrected chi connectivity index (χ1v) is 27.8. The summed E-state index contributed by atoms with van der Waals surface area (Å²) in [6.45, 7) is 6.52. The van der Waals surface area contributed by atoms with Gasteiger partial charge in [0.2, 0.25) is 0 Å². The van der Waals surface area contributed by atoms with E-state index in [2.05, 4.69) is 81.5 Å². The standard InChI is InChI=1S/C59H104O6/c1-4-7-10-13-16-19-22-25-27-28-29-30-32-34-37-40-43-46-49-52-58(61)64-55-56(54-63-57(60)51-48-45-42-39-36-33-24-21-18-15-12-9-6-3)65-59(62)53-50-47-44-41-38-35-31-26-23-20-17-14-11-8-5-2/h7,10,16,19,25-27,29-31,56H,4-6,8-9,11-15,17-18,20-24,28,32-55H2,1-3H3/b10-7-,19-16-,27-25-,30-29-,31-26-. The Hall–Kier alpha value is -2.89. The number of carbonyl (C=O) groups is 3. The molecule has 0 radical (unpaired) electrons. The Morgan fingerprint density at radius 1 is 0.323 bits per heavy atom. The lowest BCUT2D eigenvalue weighted by Gasteiger charge is -2.18. The molecule has 1 unspecified atom stereocenters. The van der Waals surface area contributed by atoms with Crippen molar-refractivity contribution in [2.45, 2.75) is 284 Å². The Kier molecular flexibility index (Phi) is 51.3. The molecular weight excluding hydrogens is 805 g/mol. The highest BCUT2D eigenvalue weighted by Crippen LogP contribution is 2.15. The highest BCUT2D eigenvalue weighted by atomic mass is 16.6. The summed E-state index contributed by atoms with van der Waals surface area (Å²) in [6.07, 6.45) is 66.3. The van der Waals surface area contributed by atoms with Crippen molar-refractivity contribution in [3.63, 3.8) is 0 Å². The molecule has 376 valence electrons. The summed E-state index contributed by atoms with van der Waals surface area (Å²) in [7, 11) is 0. The van der Waals surface area contributed by atoms with Crippen LogP contribution < -0.4 is 0 Å². The fourth-order valence-corrected chi connectivity index (χ4v) is 7.84. The lowest BCUT2D eigenvalue weighted by molar-refractivity contribution is -0.167. The van der Waals surface area contributed by atoms with Crippen LogP contribution in [0.3, 0.4) is 0 Å². The predicted molar refractivity (Wildman–Crippen MR) is 279 cm³/mol. The maximum absolute atomic E-state index is 12.8. The van der Waals surface area contributed by atoms with Crippen molar-refractivity contribution in [2.24, 2.45) is 0 Å². The van der Waals surface area contributed by atoms with E-state index in [9.17, 15) is 14.4 Å². The molecule has 0 rings (SSSR count). The number of rotatable bonds is 50. The van der Waals surface area contributed by atoms with Crippen molar-refractivity contribution in [3.8, 4) is 0 Å². The van der Waals surface area contributed by atoms with Crippen LogP contribution in [0, 0.1) is 0 Å². The van der Waals surface area contributed by atoms with Crippen LogP contribution in [0.15, 0.2) is 60.8 Å². The van der Waals surface area contributed by atoms with Crippen LogP contribution in [-0.2, 0) is 28.6 Å². The quantitative estimate of drug-likeness (QED) is 0.0262. The van der Waals surface area contributed by atoms with E-state index >= 15 is 0 Å². The zero-order valence-electron chi connectivity index (χ0n) is 43.0. The molecule has 0 amide bonds. The Morgan fingerprint density at radius 3 is 0.954 bits per heavy atom. The number of hydrogen-bond acceptors (Lipinski definition) is 6. The molecule has 0 spiro atoms. The van der Waals surface area contributed by atoms with E-state index in [0.717, 1.165) is 103 Å². The lowest BCUT2D eigenvalue weighted by Crippen LogP contribution is -2.30. The summed E-state index contributed by atoms with van der Waals surface area (Å²) >= 11 is 0. The van der Waals surface area contributed by atoms with Gasteiger partial charge in [0, 0.05) is 19.3 Å². The molecular formula is C59H104O6. The Morgan fingerprint density at radius 2 is 0.600 bits per heavy atom. The zero-order valence-corrected chi connectivity index (χ0v) is 43.0. The maximum atomic E-state index is 12.8. The minimum Gasteiger partial charge on any atom is -0.462 e. The fourth-order valence-electron chi connectivity index (χ4n) is 7.84. The number of esters is 3. The number of ether oxygens (including phenoxy) is 3. The second-order valence-corrected chi connectivity index (χ2v) is 18.5. The van der Waals surface area contributed by atoms with Crippen molar-refractivity contribution < 1.29 is 28.6 Å². The van der Waals surface area contributed by atoms with Crippen LogP contribution >= 0.6 is 0 Å². The summed E-state index contributed by atoms with van der Waals surface area (Å²) in [6, 6.07) is 0. The van der Waals surface area contributed by atoms with E-state index in [4.69, 9.17) is 14.2 Å². The van der Waals surface area contributed by atoms with Gasteiger partial charge in [-0.2, -0.15) is 0 Å². The smallest absolute Gasteiger partial charge is 0.306 e. The summed E-state index contributed by atoms with van der Waals surface area (Å²) in [5, 5.41) is 0. The first kappa shape index (κ1) is 62.1. The van der Waals surface area contributed by atoms with E-state index in [1.807, 2.05) is 0 Å². The van der Waals surface area contributed by atoms with Crippen molar-refractivity contribution >= 4 is 17.9 Å². The molecule has 0 bridgehead atoms. The predicted octanol–water partition coefficient (Wildman–Crippen LogP) is 18.4. The molecule has 0 aliphatic rings. The average molecular weight is 909 g/mol. The van der Waals surface area contributed by atoms with Gasteiger partial charge in [0.1, 0.15) is 13.2 Å². The highest BCUT2D eigenvalue weighted by Gasteiger charge is 2.19. The zero-order chi connectivity index (χ0) is 47.2. The van der Waals surface area contributed by atoms with Gasteiger partial charge in [0.05, 0.1) is 0 Å². The topological polar surface area (TPSA) is 78.9 Å². The maximum Gasteiger partial charge on any atom is 0.306 e. The molecule has 0 N–H and O–H groups in total. The van der Waals surface area contributed by atoms with Gasteiger partial charge in [0.15, 0.2) is 6.10 Å². The number of carbonyl (C=O) groups excluding carboxylic acids is 3. The molecule has 6 nitrogen and oxygen atoms in total. The third kappa shape index (κ3) is 51.9. The molecule has 6 heteroatoms. The van der Waals surface area contributed by atoms with Crippen molar-refractivity contribution in [3.05, 3.63) is 60.8 Å². The van der Waals surface area contributed by atoms with Gasteiger partial charge in [0.25, 0.3) is 0 Å². The van der Waals surface area contributed by atoms with Gasteiger partial charge in [-0.25, -0.2) is 0 Å². The molecule has 0 aromatic carbocycles. The van der Waals surface area contributed by atoms with Gasteiger partial charge >= 0.3 is 17.9 Å². The summed E-state index contributed by atoms with van der Waals surface area (Å²) in [5.41, 5.74) is 0. The van der Waals surface area contributed by atoms with Crippen LogP contribution in [0.1, 0.15) is 278 Å². The van der Waals surface area contributed by atoms with Crippen molar-refractivity contribution in [1.29, 1.82) is 0 Å². The Labute approximate surface area is 402 Å². The van der Waals surface area contributed by atoms with Gasteiger partial charge in [-0.15, -0.1) is 0 Å². The Balaban J connectivity index is 4.39. The molecule has 1 atom stereocenters. The molecule has 65 heavy (non-hydrogen) atoms. The van der Waals surface area contributed by atoms with Crippen molar-refractivity contribution in [1.82, 2.24) is 0 Å². The molecule has 0 aliphatic heterocycles. The minimum absolute atomic E-state index is 0.0798. The summed E-state index contributed by atoms with van der Waals surface area (Å²) < 4.78 is 16.8. The molecule has 0 saturated carbocycles. The third-order valence-corrected chi connectivity index (χ3v) is 12.0. The minimum atomic E-state index is -0.782. The van der Waals surface area contributed by atoms with E-state index in [-0.39, 0.29) is 31.1 Å². The van der Waals surface area contributed by atoms with E-state index in [0.29, 0.717) is 19.3 Å². The second-order valence-electron chi connectivity index (χ2n) is 18.5. The molecule has 0 fully saturated rings. The van der Waals surface area contributed by atoms with Crippen LogP contribution in [0.5, 0.6) is 0 Å². The molecule has 0 aromatic heterocycles. The Bertz CT molecular complexity index is 1180. The largest absolute Gasteiger partial charge is 0.462 e. The number of allylic oxidation sites excluding steroid dienone is 10. The number of hydrogen-bond donors (Lipinski definition) is 0. The highest BCUT2D eigenvalue weighted by molar-refractivity contribution is 5.71. The normalized spacial score (nSPS) is 12.5. The first-order chi connectivity index (χ1) is 32.0. The SMILES string of the molecule is CC/C=C\C/C=C\C/C=C\C/C=C\CCCCCCCCC(=O)OCC(COC(=O)CCCCCCCCCCCCCCC)OC(=O)CCCCCCC/C=C\CCCCCCCC. The summed E-state index contributed by atoms with van der Waals surface area (Å²) in [5.74, 6) is -0.893. The average Bonchev–Trinajstić information content (AvgIpc) is 3.30. The molecule has 0 aromatic rings. The van der Waals surface area contributed by atoms with Crippen LogP contribution in [-0.4, -0.2) is 37.2 Å². The first-order valence-electron chi connectivity index (χ1n) is 27.8. The van der Waals surface area contributed by atoms with E-state index < -0.39 is 6.10 Å². The van der Waals surface area contributed by atoms with Crippen molar-refractivity contribution in [2.75, 3.05) is 13.2 Å². The van der Waals surface area contributed by atoms with Crippen LogP contribution in [0.4, 0.5) is 0 Å². The second kappa shape index (κ2) is 53.7. The fraction of sp³-hybridized carbons (Fsp3) is 0.780. The van der Waals surface area contributed by atoms with Crippen LogP contribution in [0.25, 0.3) is 0 Å². The van der Waals surface area contributed by atoms with Gasteiger partial charge < -0.3 is 14.2 Å². The third-order valence-electron chi connectivity index (χ3n) is 12.0. The monoisotopic (exact) mass is 909 g/mol. The lowest BCUT2D eigenvalue weighted by atomic mass is 10.0. The van der Waals surface area contributed by atoms with E-state index in [1.165, 1.54) is 135 Å². The molecule has 0 aliphatic carbocycles. The molecule has 0 heterocycles. The van der Waals surface area contributed by atoms with E-state index in [1.54, 1.807) is 0 Å². The van der Waals surface area contributed by atoms with Gasteiger partial charge in [-0.05, 0) is 83.5 Å². The summed E-state index contributed by atoms with van der Waals surface area (Å²) in [4.78, 5) is 38.1. The molecule has 0 saturated heterocycles. The van der Waals surface area contributed by atoms with Gasteiger partial charge in [-0.1, -0.05) is 236 Å². The number of unbranched alkanes of at least 4 members (excludes halogenated alkanes) is 29.